The van der Waals surface area contributed by atoms with Gasteiger partial charge in [-0.15, -0.1) is 0 Å². The zero-order valence-corrected chi connectivity index (χ0v) is 18.7. The molecule has 0 bridgehead atoms. The van der Waals surface area contributed by atoms with E-state index in [1.807, 2.05) is 0 Å². The Balaban J connectivity index is 3.27. The van der Waals surface area contributed by atoms with Gasteiger partial charge in [0.2, 0.25) is 0 Å². The molecule has 0 spiro atoms. The zero-order chi connectivity index (χ0) is 24.4. The molecule has 0 aromatic heterocycles. The largest absolute Gasteiger partial charge is 0.534 e. The fraction of sp³-hybridized carbons (Fsp3) is 0.579. The van der Waals surface area contributed by atoms with Crippen LogP contribution in [0.3, 0.4) is 0 Å². The molecule has 1 amide bonds. The molecule has 31 heavy (non-hydrogen) atoms. The first-order chi connectivity index (χ1) is 13.7. The number of carbonyl (C=O) groups is 2. The maximum absolute atomic E-state index is 12.5. The lowest BCUT2D eigenvalue weighted by molar-refractivity contribution is -0.141. The minimum atomic E-state index is -5.84. The highest BCUT2D eigenvalue weighted by Gasteiger charge is 2.48. The molecule has 0 saturated heterocycles. The number of aliphatic carboxylic acids is 1. The molecule has 0 radical (unpaired) electrons. The van der Waals surface area contributed by atoms with Gasteiger partial charge in [0.05, 0.1) is 0 Å². The van der Waals surface area contributed by atoms with E-state index in [2.05, 4.69) is 9.50 Å². The van der Waals surface area contributed by atoms with Crippen molar-refractivity contribution in [2.24, 2.45) is 5.41 Å². The molecule has 0 aliphatic rings. The molecule has 1 rings (SSSR count). The lowest BCUT2D eigenvalue weighted by Gasteiger charge is -2.36. The number of ether oxygens (including phenoxy) is 1. The van der Waals surface area contributed by atoms with E-state index in [0.29, 0.717) is 5.56 Å². The summed E-state index contributed by atoms with van der Waals surface area (Å²) in [5.74, 6) is -2.81. The van der Waals surface area contributed by atoms with Crippen LogP contribution in [0.25, 0.3) is 0 Å². The highest BCUT2D eigenvalue weighted by atomic mass is 32.2. The number of halogens is 3. The van der Waals surface area contributed by atoms with Gasteiger partial charge in [-0.25, -0.2) is 9.59 Å². The first-order valence-electron chi connectivity index (χ1n) is 9.07. The third kappa shape index (κ3) is 7.60. The average molecular weight is 469 g/mol. The molecular weight excluding hydrogens is 443 g/mol. The van der Waals surface area contributed by atoms with Crippen LogP contribution in [0, 0.1) is 5.41 Å². The normalized spacial score (nSPS) is 15.0. The van der Waals surface area contributed by atoms with Gasteiger partial charge in [0.25, 0.3) is 0 Å². The minimum absolute atomic E-state index is 0.327. The van der Waals surface area contributed by atoms with Crippen LogP contribution >= 0.6 is 0 Å². The highest BCUT2D eigenvalue weighted by molar-refractivity contribution is 7.88. The van der Waals surface area contributed by atoms with Gasteiger partial charge in [-0.1, -0.05) is 32.9 Å². The van der Waals surface area contributed by atoms with Crippen LogP contribution in [0.4, 0.5) is 18.0 Å². The zero-order valence-electron chi connectivity index (χ0n) is 17.9. The maximum atomic E-state index is 12.5. The van der Waals surface area contributed by atoms with Crippen molar-refractivity contribution < 1.29 is 45.2 Å². The Labute approximate surface area is 178 Å². The van der Waals surface area contributed by atoms with E-state index >= 15 is 0 Å². The van der Waals surface area contributed by atoms with Gasteiger partial charge in [0.1, 0.15) is 17.4 Å². The molecule has 0 fully saturated rings. The second kappa shape index (κ2) is 8.93. The quantitative estimate of drug-likeness (QED) is 0.477. The van der Waals surface area contributed by atoms with Crippen molar-refractivity contribution in [1.29, 1.82) is 0 Å². The van der Waals surface area contributed by atoms with Crippen LogP contribution in [0.2, 0.25) is 0 Å². The van der Waals surface area contributed by atoms with Gasteiger partial charge >= 0.3 is 27.7 Å². The Morgan fingerprint density at radius 2 is 1.48 bits per heavy atom. The van der Waals surface area contributed by atoms with Crippen molar-refractivity contribution in [3.05, 3.63) is 29.8 Å². The summed E-state index contributed by atoms with van der Waals surface area (Å²) in [7, 11) is -5.84. The van der Waals surface area contributed by atoms with Crippen molar-refractivity contribution in [3.63, 3.8) is 0 Å². The lowest BCUT2D eigenvalue weighted by atomic mass is 9.72. The number of carboxylic acid groups (broad SMARTS) is 1. The van der Waals surface area contributed by atoms with Crippen LogP contribution in [0.15, 0.2) is 24.3 Å². The smallest absolute Gasteiger partial charge is 0.480 e. The van der Waals surface area contributed by atoms with E-state index in [9.17, 15) is 36.3 Å². The Morgan fingerprint density at radius 1 is 1.00 bits per heavy atom. The minimum Gasteiger partial charge on any atom is -0.480 e. The number of alkyl halides is 3. The number of nitrogens with one attached hydrogen (secondary N) is 1. The van der Waals surface area contributed by atoms with Gasteiger partial charge in [0.15, 0.2) is 0 Å². The highest BCUT2D eigenvalue weighted by Crippen LogP contribution is 2.39. The second-order valence-electron chi connectivity index (χ2n) is 8.86. The predicted molar refractivity (Wildman–Crippen MR) is 105 cm³/mol. The van der Waals surface area contributed by atoms with E-state index < -0.39 is 56.4 Å². The van der Waals surface area contributed by atoms with Crippen LogP contribution in [-0.2, 0) is 19.6 Å². The predicted octanol–water partition coefficient (Wildman–Crippen LogP) is 4.02. The van der Waals surface area contributed by atoms with Gasteiger partial charge in [0, 0.05) is 5.92 Å². The third-order valence-corrected chi connectivity index (χ3v) is 4.91. The maximum Gasteiger partial charge on any atom is 0.534 e. The van der Waals surface area contributed by atoms with E-state index in [4.69, 9.17) is 4.74 Å². The summed E-state index contributed by atoms with van der Waals surface area (Å²) >= 11 is 0. The molecule has 1 aromatic carbocycles. The molecule has 0 heterocycles. The third-order valence-electron chi connectivity index (χ3n) is 3.93. The molecule has 12 heteroatoms. The summed E-state index contributed by atoms with van der Waals surface area (Å²) in [4.78, 5) is 24.1. The number of hydrogen-bond donors (Lipinski definition) is 2. The first-order valence-corrected chi connectivity index (χ1v) is 10.5. The molecule has 2 unspecified atom stereocenters. The molecule has 0 aliphatic carbocycles. The molecule has 176 valence electrons. The molecular formula is C19H26F3NO7S. The first kappa shape index (κ1) is 26.5. The van der Waals surface area contributed by atoms with E-state index in [1.54, 1.807) is 41.5 Å². The summed E-state index contributed by atoms with van der Waals surface area (Å²) in [6, 6.07) is 2.99. The van der Waals surface area contributed by atoms with E-state index in [0.717, 1.165) is 12.1 Å². The monoisotopic (exact) mass is 469 g/mol. The van der Waals surface area contributed by atoms with Crippen molar-refractivity contribution in [1.82, 2.24) is 5.32 Å². The van der Waals surface area contributed by atoms with Crippen molar-refractivity contribution in [3.8, 4) is 5.75 Å². The Bertz CT molecular complexity index is 898. The number of hydrogen-bond acceptors (Lipinski definition) is 6. The number of rotatable bonds is 6. The van der Waals surface area contributed by atoms with Crippen molar-refractivity contribution in [2.75, 3.05) is 0 Å². The van der Waals surface area contributed by atoms with Gasteiger partial charge < -0.3 is 19.3 Å². The fourth-order valence-corrected chi connectivity index (χ4v) is 3.28. The van der Waals surface area contributed by atoms with E-state index in [-0.39, 0.29) is 0 Å². The standard InChI is InChI=1S/C19H26F3NO7S/c1-17(2,3)13(14(15(24)25)23-16(26)29-18(4,5)6)11-7-9-12(10-8-11)30-31(27,28)19(20,21)22/h7-10,13-14H,1-6H3,(H,23,26)(H,24,25). The van der Waals surface area contributed by atoms with Crippen LogP contribution in [-0.4, -0.2) is 42.7 Å². The van der Waals surface area contributed by atoms with Gasteiger partial charge in [-0.2, -0.15) is 21.6 Å². The molecule has 8 nitrogen and oxygen atoms in total. The Kier molecular flexibility index (Phi) is 7.64. The molecule has 1 aromatic rings. The summed E-state index contributed by atoms with van der Waals surface area (Å²) in [6.45, 7) is 9.96. The molecule has 2 N–H and O–H groups in total. The van der Waals surface area contributed by atoms with Crippen molar-refractivity contribution >= 4 is 22.2 Å². The van der Waals surface area contributed by atoms with Crippen LogP contribution in [0.5, 0.6) is 5.75 Å². The number of carbonyl (C=O) groups excluding carboxylic acids is 1. The average Bonchev–Trinajstić information content (AvgIpc) is 2.51. The summed E-state index contributed by atoms with van der Waals surface area (Å²) < 4.78 is 68.9. The molecule has 0 saturated carbocycles. The van der Waals surface area contributed by atoms with Crippen LogP contribution < -0.4 is 9.50 Å². The van der Waals surface area contributed by atoms with Crippen molar-refractivity contribution in [2.45, 2.75) is 64.6 Å². The topological polar surface area (TPSA) is 119 Å². The Morgan fingerprint density at radius 3 is 1.84 bits per heavy atom. The van der Waals surface area contributed by atoms with Gasteiger partial charge in [-0.3, -0.25) is 0 Å². The van der Waals surface area contributed by atoms with Crippen LogP contribution in [0.1, 0.15) is 53.0 Å². The van der Waals surface area contributed by atoms with Gasteiger partial charge in [-0.05, 0) is 43.9 Å². The molecule has 0 aliphatic heterocycles. The lowest BCUT2D eigenvalue weighted by Crippen LogP contribution is -2.49. The number of alkyl carbamates (subject to hydrolysis) is 1. The number of amides is 1. The summed E-state index contributed by atoms with van der Waals surface area (Å²) in [6.07, 6.45) is -0.953. The number of benzene rings is 1. The van der Waals surface area contributed by atoms with E-state index in [1.165, 1.54) is 12.1 Å². The Hall–Kier alpha value is -2.50. The summed E-state index contributed by atoms with van der Waals surface area (Å²) in [5, 5.41) is 12.0. The molecule has 2 atom stereocenters. The number of carboxylic acids is 1. The second-order valence-corrected chi connectivity index (χ2v) is 10.4. The fourth-order valence-electron chi connectivity index (χ4n) is 2.82. The SMILES string of the molecule is CC(C)(C)OC(=O)NC(C(=O)O)C(c1ccc(OS(=O)(=O)C(F)(F)F)cc1)C(C)(C)C. The summed E-state index contributed by atoms with van der Waals surface area (Å²) in [5.41, 5.74) is -6.87.